The SMILES string of the molecule is SCCC1CCCCN1Cc1ccccc1. The quantitative estimate of drug-likeness (QED) is 0.783. The number of piperidine rings is 1. The van der Waals surface area contributed by atoms with Crippen LogP contribution in [0.15, 0.2) is 30.3 Å². The Morgan fingerprint density at radius 1 is 1.19 bits per heavy atom. The number of hydrogen-bond donors (Lipinski definition) is 1. The van der Waals surface area contributed by atoms with Crippen molar-refractivity contribution in [3.8, 4) is 0 Å². The van der Waals surface area contributed by atoms with Gasteiger partial charge in [-0.2, -0.15) is 12.6 Å². The minimum absolute atomic E-state index is 0.756. The largest absolute Gasteiger partial charge is 0.296 e. The number of hydrogen-bond acceptors (Lipinski definition) is 2. The Kier molecular flexibility index (Phi) is 4.73. The van der Waals surface area contributed by atoms with Crippen LogP contribution in [0.5, 0.6) is 0 Å². The first-order valence-electron chi connectivity index (χ1n) is 6.29. The van der Waals surface area contributed by atoms with E-state index in [4.69, 9.17) is 0 Å². The normalized spacial score (nSPS) is 22.2. The molecule has 1 aromatic rings. The van der Waals surface area contributed by atoms with Crippen LogP contribution in [0.25, 0.3) is 0 Å². The maximum atomic E-state index is 4.37. The van der Waals surface area contributed by atoms with Crippen molar-refractivity contribution in [3.05, 3.63) is 35.9 Å². The van der Waals surface area contributed by atoms with Gasteiger partial charge in [0.2, 0.25) is 0 Å². The second-order valence-corrected chi connectivity index (χ2v) is 5.07. The van der Waals surface area contributed by atoms with Gasteiger partial charge < -0.3 is 0 Å². The van der Waals surface area contributed by atoms with Crippen molar-refractivity contribution in [1.82, 2.24) is 4.90 Å². The summed E-state index contributed by atoms with van der Waals surface area (Å²) >= 11 is 4.37. The maximum absolute atomic E-state index is 4.37. The topological polar surface area (TPSA) is 3.24 Å². The number of thiol groups is 1. The lowest BCUT2D eigenvalue weighted by molar-refractivity contribution is 0.137. The summed E-state index contributed by atoms with van der Waals surface area (Å²) < 4.78 is 0. The van der Waals surface area contributed by atoms with Gasteiger partial charge in [-0.1, -0.05) is 36.8 Å². The second kappa shape index (κ2) is 6.31. The highest BCUT2D eigenvalue weighted by Crippen LogP contribution is 2.22. The molecule has 1 aromatic carbocycles. The van der Waals surface area contributed by atoms with E-state index in [1.807, 2.05) is 0 Å². The summed E-state index contributed by atoms with van der Waals surface area (Å²) in [5.41, 5.74) is 1.44. The lowest BCUT2D eigenvalue weighted by atomic mass is 9.99. The van der Waals surface area contributed by atoms with Crippen LogP contribution >= 0.6 is 12.6 Å². The fourth-order valence-electron chi connectivity index (χ4n) is 2.56. The Labute approximate surface area is 104 Å². The third-order valence-electron chi connectivity index (χ3n) is 3.44. The number of likely N-dealkylation sites (tertiary alicyclic amines) is 1. The molecular formula is C14H21NS. The van der Waals surface area contributed by atoms with Gasteiger partial charge in [-0.3, -0.25) is 4.90 Å². The molecule has 1 saturated heterocycles. The van der Waals surface area contributed by atoms with Crippen molar-refractivity contribution in [2.24, 2.45) is 0 Å². The van der Waals surface area contributed by atoms with Gasteiger partial charge in [0.25, 0.3) is 0 Å². The van der Waals surface area contributed by atoms with Crippen molar-refractivity contribution in [1.29, 1.82) is 0 Å². The molecule has 0 amide bonds. The van der Waals surface area contributed by atoms with E-state index >= 15 is 0 Å². The summed E-state index contributed by atoms with van der Waals surface area (Å²) in [5, 5.41) is 0. The summed E-state index contributed by atoms with van der Waals surface area (Å²) in [7, 11) is 0. The minimum Gasteiger partial charge on any atom is -0.296 e. The van der Waals surface area contributed by atoms with Crippen LogP contribution in [0.1, 0.15) is 31.2 Å². The summed E-state index contributed by atoms with van der Waals surface area (Å²) in [6.07, 6.45) is 5.34. The highest BCUT2D eigenvalue weighted by Gasteiger charge is 2.21. The lowest BCUT2D eigenvalue weighted by Crippen LogP contribution is -2.39. The fraction of sp³-hybridized carbons (Fsp3) is 0.571. The predicted octanol–water partition coefficient (Wildman–Crippen LogP) is 3.36. The van der Waals surface area contributed by atoms with Gasteiger partial charge in [-0.15, -0.1) is 0 Å². The molecule has 1 aliphatic heterocycles. The van der Waals surface area contributed by atoms with Crippen LogP contribution in [0.3, 0.4) is 0 Å². The van der Waals surface area contributed by atoms with Crippen molar-refractivity contribution < 1.29 is 0 Å². The highest BCUT2D eigenvalue weighted by molar-refractivity contribution is 7.80. The zero-order chi connectivity index (χ0) is 11.2. The van der Waals surface area contributed by atoms with Crippen LogP contribution in [0, 0.1) is 0 Å². The highest BCUT2D eigenvalue weighted by atomic mass is 32.1. The van der Waals surface area contributed by atoms with Gasteiger partial charge in [0.1, 0.15) is 0 Å². The second-order valence-electron chi connectivity index (χ2n) is 4.62. The minimum atomic E-state index is 0.756. The fourth-order valence-corrected chi connectivity index (χ4v) is 2.86. The van der Waals surface area contributed by atoms with E-state index in [1.54, 1.807) is 0 Å². The molecule has 2 heteroatoms. The monoisotopic (exact) mass is 235 g/mol. The van der Waals surface area contributed by atoms with Gasteiger partial charge in [0.05, 0.1) is 0 Å². The Morgan fingerprint density at radius 3 is 2.75 bits per heavy atom. The summed E-state index contributed by atoms with van der Waals surface area (Å²) in [6, 6.07) is 11.6. The molecule has 88 valence electrons. The molecule has 0 bridgehead atoms. The molecule has 0 saturated carbocycles. The van der Waals surface area contributed by atoms with E-state index in [9.17, 15) is 0 Å². The van der Waals surface area contributed by atoms with Gasteiger partial charge >= 0.3 is 0 Å². The first-order valence-corrected chi connectivity index (χ1v) is 6.92. The maximum Gasteiger partial charge on any atom is 0.0236 e. The molecule has 0 spiro atoms. The van der Waals surface area contributed by atoms with Crippen LogP contribution in [-0.2, 0) is 6.54 Å². The van der Waals surface area contributed by atoms with Crippen LogP contribution in [0.4, 0.5) is 0 Å². The number of rotatable bonds is 4. The van der Waals surface area contributed by atoms with E-state index < -0.39 is 0 Å². The smallest absolute Gasteiger partial charge is 0.0236 e. The Hall–Kier alpha value is -0.470. The average Bonchev–Trinajstić information content (AvgIpc) is 2.33. The predicted molar refractivity (Wildman–Crippen MR) is 73.0 cm³/mol. The third kappa shape index (κ3) is 3.26. The summed E-state index contributed by atoms with van der Waals surface area (Å²) in [5.74, 6) is 1.01. The number of benzene rings is 1. The average molecular weight is 235 g/mol. The third-order valence-corrected chi connectivity index (χ3v) is 3.70. The van der Waals surface area contributed by atoms with E-state index in [0.29, 0.717) is 0 Å². The Morgan fingerprint density at radius 2 is 2.00 bits per heavy atom. The van der Waals surface area contributed by atoms with Crippen molar-refractivity contribution in [2.45, 2.75) is 38.3 Å². The molecule has 0 aromatic heterocycles. The molecule has 1 unspecified atom stereocenters. The molecule has 1 aliphatic rings. The molecule has 0 radical (unpaired) electrons. The van der Waals surface area contributed by atoms with Crippen molar-refractivity contribution in [3.63, 3.8) is 0 Å². The Bertz CT molecular complexity index is 297. The summed E-state index contributed by atoms with van der Waals surface area (Å²) in [6.45, 7) is 2.37. The Balaban J connectivity index is 1.96. The van der Waals surface area contributed by atoms with Gasteiger partial charge in [-0.25, -0.2) is 0 Å². The van der Waals surface area contributed by atoms with E-state index in [1.165, 1.54) is 37.8 Å². The standard InChI is InChI=1S/C14H21NS/c16-11-9-14-8-4-5-10-15(14)12-13-6-2-1-3-7-13/h1-3,6-7,14,16H,4-5,8-12H2. The first-order chi connectivity index (χ1) is 7.90. The first kappa shape index (κ1) is 12.0. The molecule has 16 heavy (non-hydrogen) atoms. The lowest BCUT2D eigenvalue weighted by Gasteiger charge is -2.35. The number of nitrogens with zero attached hydrogens (tertiary/aromatic N) is 1. The summed E-state index contributed by atoms with van der Waals surface area (Å²) in [4.78, 5) is 2.63. The molecule has 0 N–H and O–H groups in total. The van der Waals surface area contributed by atoms with Crippen molar-refractivity contribution >= 4 is 12.6 Å². The molecule has 1 nitrogen and oxygen atoms in total. The zero-order valence-electron chi connectivity index (χ0n) is 9.81. The van der Waals surface area contributed by atoms with Gasteiger partial charge in [0.15, 0.2) is 0 Å². The molecule has 1 fully saturated rings. The molecule has 1 atom stereocenters. The zero-order valence-corrected chi connectivity index (χ0v) is 10.7. The van der Waals surface area contributed by atoms with Gasteiger partial charge in [0, 0.05) is 12.6 Å². The molecule has 2 rings (SSSR count). The van der Waals surface area contributed by atoms with Crippen LogP contribution in [0.2, 0.25) is 0 Å². The van der Waals surface area contributed by atoms with E-state index in [-0.39, 0.29) is 0 Å². The molecule has 0 aliphatic carbocycles. The van der Waals surface area contributed by atoms with Crippen LogP contribution < -0.4 is 0 Å². The van der Waals surface area contributed by atoms with E-state index in [2.05, 4.69) is 47.9 Å². The molecule has 1 heterocycles. The van der Waals surface area contributed by atoms with E-state index in [0.717, 1.165) is 18.3 Å². The van der Waals surface area contributed by atoms with Crippen molar-refractivity contribution in [2.75, 3.05) is 12.3 Å². The molecular weight excluding hydrogens is 214 g/mol. The van der Waals surface area contributed by atoms with Crippen LogP contribution in [-0.4, -0.2) is 23.2 Å². The van der Waals surface area contributed by atoms with Gasteiger partial charge in [-0.05, 0) is 37.1 Å².